The summed E-state index contributed by atoms with van der Waals surface area (Å²) < 4.78 is 87.3. The highest BCUT2D eigenvalue weighted by Crippen LogP contribution is 2.42. The number of ether oxygens (including phenoxy) is 1. The van der Waals surface area contributed by atoms with Crippen LogP contribution < -0.4 is 4.74 Å². The second-order valence-corrected chi connectivity index (χ2v) is 10.7. The van der Waals surface area contributed by atoms with Gasteiger partial charge in [-0.05, 0) is 56.0 Å². The molecular formula is C29H36F6N2O. The average Bonchev–Trinajstić information content (AvgIpc) is 3.17. The van der Waals surface area contributed by atoms with E-state index < -0.39 is 29.0 Å². The zero-order chi connectivity index (χ0) is 27.6. The molecule has 2 aromatic rings. The van der Waals surface area contributed by atoms with Crippen LogP contribution in [0.5, 0.6) is 5.75 Å². The lowest BCUT2D eigenvalue weighted by molar-refractivity contribution is -0.143. The van der Waals surface area contributed by atoms with Crippen LogP contribution >= 0.6 is 0 Å². The van der Waals surface area contributed by atoms with E-state index in [0.29, 0.717) is 24.9 Å². The number of alkyl halides is 6. The summed E-state index contributed by atoms with van der Waals surface area (Å²) in [6, 6.07) is 9.70. The van der Waals surface area contributed by atoms with Gasteiger partial charge in [0.05, 0.1) is 23.8 Å². The van der Waals surface area contributed by atoms with Crippen LogP contribution in [0, 0.1) is 0 Å². The molecule has 1 atom stereocenters. The molecule has 2 aliphatic rings. The normalized spacial score (nSPS) is 20.6. The van der Waals surface area contributed by atoms with Crippen LogP contribution in [0.4, 0.5) is 26.3 Å². The minimum Gasteiger partial charge on any atom is -0.496 e. The molecule has 1 heterocycles. The number of halogens is 6. The van der Waals surface area contributed by atoms with E-state index in [-0.39, 0.29) is 18.1 Å². The fourth-order valence-electron chi connectivity index (χ4n) is 6.19. The Balaban J connectivity index is 1.69. The van der Waals surface area contributed by atoms with Gasteiger partial charge >= 0.3 is 12.4 Å². The first-order valence-electron chi connectivity index (χ1n) is 13.3. The maximum Gasteiger partial charge on any atom is 0.416 e. The molecule has 2 aromatic carbocycles. The number of benzene rings is 2. The van der Waals surface area contributed by atoms with E-state index in [9.17, 15) is 26.3 Å². The summed E-state index contributed by atoms with van der Waals surface area (Å²) in [5.74, 6) is 0.559. The summed E-state index contributed by atoms with van der Waals surface area (Å²) >= 11 is 0. The molecule has 1 aliphatic carbocycles. The number of hydrogen-bond donors (Lipinski definition) is 0. The second-order valence-electron chi connectivity index (χ2n) is 10.7. The lowest BCUT2D eigenvalue weighted by Crippen LogP contribution is -2.57. The molecule has 0 bridgehead atoms. The number of hydrogen-bond acceptors (Lipinski definition) is 3. The summed E-state index contributed by atoms with van der Waals surface area (Å²) in [4.78, 5) is 4.71. The molecule has 1 unspecified atom stereocenters. The van der Waals surface area contributed by atoms with Crippen LogP contribution in [0.1, 0.15) is 67.7 Å². The summed E-state index contributed by atoms with van der Waals surface area (Å²) in [7, 11) is 1.52. The van der Waals surface area contributed by atoms with Gasteiger partial charge in [-0.1, -0.05) is 43.9 Å². The number of methoxy groups -OCH3 is 1. The van der Waals surface area contributed by atoms with Crippen molar-refractivity contribution >= 4 is 0 Å². The Kier molecular flexibility index (Phi) is 8.67. The van der Waals surface area contributed by atoms with E-state index in [1.54, 1.807) is 12.1 Å². The molecule has 4 rings (SSSR count). The summed E-state index contributed by atoms with van der Waals surface area (Å²) in [6.07, 6.45) is -2.48. The zero-order valence-electron chi connectivity index (χ0n) is 22.0. The molecule has 1 aliphatic heterocycles. The first-order valence-corrected chi connectivity index (χ1v) is 13.3. The molecule has 0 N–H and O–H groups in total. The van der Waals surface area contributed by atoms with Crippen LogP contribution in [0.25, 0.3) is 0 Å². The lowest BCUT2D eigenvalue weighted by atomic mass is 9.82. The molecule has 3 nitrogen and oxygen atoms in total. The Morgan fingerprint density at radius 1 is 0.789 bits per heavy atom. The Morgan fingerprint density at radius 2 is 1.34 bits per heavy atom. The fourth-order valence-corrected chi connectivity index (χ4v) is 6.19. The van der Waals surface area contributed by atoms with Crippen LogP contribution in [-0.4, -0.2) is 49.1 Å². The fraction of sp³-hybridized carbons (Fsp3) is 0.586. The molecule has 2 fully saturated rings. The Labute approximate surface area is 220 Å². The predicted octanol–water partition coefficient (Wildman–Crippen LogP) is 7.53. The standard InChI is InChI=1S/C29H36F6N2O/c1-27(25-11-7-8-12-26(25)38-2,37-15-13-36(14-16-37)24-9-5-3-4-6-10-24)20-21-17-22(28(30,31)32)19-23(18-21)29(33,34)35/h7-8,11-12,17-19,24H,3-6,9-10,13-16,20H2,1-2H3. The first-order chi connectivity index (χ1) is 17.9. The molecule has 210 valence electrons. The van der Waals surface area contributed by atoms with E-state index in [1.807, 2.05) is 19.1 Å². The SMILES string of the molecule is COc1ccccc1C(C)(Cc1cc(C(F)(F)F)cc(C(F)(F)F)c1)N1CCN(C2CCCCCC2)CC1. The third-order valence-corrected chi connectivity index (χ3v) is 8.24. The van der Waals surface area contributed by atoms with Crippen molar-refractivity contribution < 1.29 is 31.1 Å². The van der Waals surface area contributed by atoms with Gasteiger partial charge in [-0.3, -0.25) is 9.80 Å². The van der Waals surface area contributed by atoms with Crippen molar-refractivity contribution in [3.63, 3.8) is 0 Å². The van der Waals surface area contributed by atoms with Gasteiger partial charge in [0.25, 0.3) is 0 Å². The van der Waals surface area contributed by atoms with E-state index in [1.165, 1.54) is 45.6 Å². The maximum absolute atomic E-state index is 13.6. The van der Waals surface area contributed by atoms with Crippen molar-refractivity contribution in [1.82, 2.24) is 9.80 Å². The van der Waals surface area contributed by atoms with Crippen molar-refractivity contribution in [3.05, 3.63) is 64.7 Å². The molecule has 9 heteroatoms. The summed E-state index contributed by atoms with van der Waals surface area (Å²) in [5.41, 5.74) is -2.72. The number of piperazine rings is 1. The van der Waals surface area contributed by atoms with E-state index in [4.69, 9.17) is 4.74 Å². The molecule has 0 aromatic heterocycles. The highest BCUT2D eigenvalue weighted by Gasteiger charge is 2.41. The Hall–Kier alpha value is -2.26. The lowest BCUT2D eigenvalue weighted by Gasteiger charge is -2.48. The summed E-state index contributed by atoms with van der Waals surface area (Å²) in [6.45, 7) is 4.85. The smallest absolute Gasteiger partial charge is 0.416 e. The van der Waals surface area contributed by atoms with Gasteiger partial charge in [0.1, 0.15) is 5.75 Å². The second kappa shape index (κ2) is 11.5. The first kappa shape index (κ1) is 28.7. The topological polar surface area (TPSA) is 15.7 Å². The minimum atomic E-state index is -4.89. The largest absolute Gasteiger partial charge is 0.496 e. The van der Waals surface area contributed by atoms with Gasteiger partial charge in [0.2, 0.25) is 0 Å². The van der Waals surface area contributed by atoms with Gasteiger partial charge in [-0.15, -0.1) is 0 Å². The molecule has 0 radical (unpaired) electrons. The quantitative estimate of drug-likeness (QED) is 0.277. The minimum absolute atomic E-state index is 0.00764. The van der Waals surface area contributed by atoms with Crippen molar-refractivity contribution in [3.8, 4) is 5.75 Å². The monoisotopic (exact) mass is 542 g/mol. The van der Waals surface area contributed by atoms with Crippen molar-refractivity contribution in [1.29, 1.82) is 0 Å². The van der Waals surface area contributed by atoms with Crippen molar-refractivity contribution in [2.24, 2.45) is 0 Å². The van der Waals surface area contributed by atoms with Crippen LogP contribution in [-0.2, 0) is 24.3 Å². The Morgan fingerprint density at radius 3 is 1.87 bits per heavy atom. The van der Waals surface area contributed by atoms with Crippen LogP contribution in [0.2, 0.25) is 0 Å². The van der Waals surface area contributed by atoms with Crippen molar-refractivity contribution in [2.45, 2.75) is 75.8 Å². The zero-order valence-corrected chi connectivity index (χ0v) is 22.0. The van der Waals surface area contributed by atoms with Gasteiger partial charge in [-0.25, -0.2) is 0 Å². The number of rotatable bonds is 6. The van der Waals surface area contributed by atoms with E-state index in [2.05, 4.69) is 9.80 Å². The van der Waals surface area contributed by atoms with Crippen LogP contribution in [0.15, 0.2) is 42.5 Å². The maximum atomic E-state index is 13.6. The molecule has 1 saturated carbocycles. The third-order valence-electron chi connectivity index (χ3n) is 8.24. The van der Waals surface area contributed by atoms with E-state index in [0.717, 1.165) is 30.8 Å². The van der Waals surface area contributed by atoms with Gasteiger partial charge in [0.15, 0.2) is 0 Å². The number of nitrogens with zero attached hydrogens (tertiary/aromatic N) is 2. The van der Waals surface area contributed by atoms with Gasteiger partial charge in [-0.2, -0.15) is 26.3 Å². The highest BCUT2D eigenvalue weighted by atomic mass is 19.4. The number of para-hydroxylation sites is 1. The van der Waals surface area contributed by atoms with Crippen LogP contribution in [0.3, 0.4) is 0 Å². The van der Waals surface area contributed by atoms with Crippen molar-refractivity contribution in [2.75, 3.05) is 33.3 Å². The molecule has 0 spiro atoms. The molecule has 1 saturated heterocycles. The van der Waals surface area contributed by atoms with Gasteiger partial charge in [0, 0.05) is 37.8 Å². The highest BCUT2D eigenvalue weighted by molar-refractivity contribution is 5.42. The third kappa shape index (κ3) is 6.47. The molecule has 0 amide bonds. The molecule has 38 heavy (non-hydrogen) atoms. The average molecular weight is 543 g/mol. The Bertz CT molecular complexity index is 1040. The van der Waals surface area contributed by atoms with E-state index >= 15 is 0 Å². The molecular weight excluding hydrogens is 506 g/mol. The van der Waals surface area contributed by atoms with Gasteiger partial charge < -0.3 is 4.74 Å². The predicted molar refractivity (Wildman–Crippen MR) is 135 cm³/mol. The summed E-state index contributed by atoms with van der Waals surface area (Å²) in [5, 5.41) is 0.